The van der Waals surface area contributed by atoms with Gasteiger partial charge in [0.1, 0.15) is 17.2 Å². The van der Waals surface area contributed by atoms with Crippen LogP contribution in [0.4, 0.5) is 0 Å². The van der Waals surface area contributed by atoms with E-state index in [0.717, 1.165) is 12.2 Å². The molecule has 3 aromatic carbocycles. The van der Waals surface area contributed by atoms with Gasteiger partial charge >= 0.3 is 5.97 Å². The summed E-state index contributed by atoms with van der Waals surface area (Å²) in [5.41, 5.74) is 2.88. The molecule has 138 valence electrons. The molecule has 0 aliphatic heterocycles. The normalized spacial score (nSPS) is 10.3. The van der Waals surface area contributed by atoms with Crippen LogP contribution in [0.25, 0.3) is 0 Å². The molecule has 0 saturated heterocycles. The first-order valence-corrected chi connectivity index (χ1v) is 8.87. The second-order valence-electron chi connectivity index (χ2n) is 6.13. The third-order valence-corrected chi connectivity index (χ3v) is 4.10. The minimum Gasteiger partial charge on any atom is -0.458 e. The van der Waals surface area contributed by atoms with Gasteiger partial charge in [0.25, 0.3) is 0 Å². The van der Waals surface area contributed by atoms with Crippen LogP contribution in [0.5, 0.6) is 17.2 Å². The fourth-order valence-electron chi connectivity index (χ4n) is 2.45. The van der Waals surface area contributed by atoms with Crippen molar-refractivity contribution in [1.82, 2.24) is 0 Å². The van der Waals surface area contributed by atoms with Gasteiger partial charge in [-0.25, -0.2) is 4.79 Å². The maximum atomic E-state index is 12.2. The largest absolute Gasteiger partial charge is 0.458 e. The smallest absolute Gasteiger partial charge is 0.343 e. The Kier molecular flexibility index (Phi) is 6.10. The van der Waals surface area contributed by atoms with Crippen LogP contribution in [-0.4, -0.2) is 12.8 Å². The minimum atomic E-state index is -0.381. The van der Waals surface area contributed by atoms with Crippen molar-refractivity contribution in [3.8, 4) is 17.2 Å². The van der Waals surface area contributed by atoms with Gasteiger partial charge in [-0.15, -0.1) is 0 Å². The monoisotopic (exact) mass is 362 g/mol. The molecule has 0 N–H and O–H groups in total. The number of hydrogen-bond donors (Lipinski definition) is 0. The topological polar surface area (TPSA) is 44.8 Å². The highest BCUT2D eigenvalue weighted by atomic mass is 16.7. The summed E-state index contributed by atoms with van der Waals surface area (Å²) in [6, 6.07) is 22.0. The van der Waals surface area contributed by atoms with Crippen LogP contribution in [0.1, 0.15) is 28.4 Å². The molecule has 0 aliphatic carbocycles. The summed E-state index contributed by atoms with van der Waals surface area (Å²) in [6.45, 7) is 4.20. The van der Waals surface area contributed by atoms with Crippen LogP contribution >= 0.6 is 0 Å². The highest BCUT2D eigenvalue weighted by molar-refractivity contribution is 5.91. The average Bonchev–Trinajstić information content (AvgIpc) is 2.71. The van der Waals surface area contributed by atoms with Gasteiger partial charge < -0.3 is 14.2 Å². The van der Waals surface area contributed by atoms with Crippen molar-refractivity contribution in [3.63, 3.8) is 0 Å². The molecule has 0 fully saturated rings. The fraction of sp³-hybridized carbons (Fsp3) is 0.174. The summed E-state index contributed by atoms with van der Waals surface area (Å²) in [5, 5.41) is 0. The van der Waals surface area contributed by atoms with Gasteiger partial charge in [-0.2, -0.15) is 0 Å². The molecule has 0 saturated carbocycles. The van der Waals surface area contributed by atoms with E-state index in [2.05, 4.69) is 6.92 Å². The fourth-order valence-corrected chi connectivity index (χ4v) is 2.45. The Morgan fingerprint density at radius 2 is 1.26 bits per heavy atom. The number of carbonyl (C=O) groups excluding carboxylic acids is 1. The Balaban J connectivity index is 1.50. The second-order valence-corrected chi connectivity index (χ2v) is 6.13. The van der Waals surface area contributed by atoms with Crippen molar-refractivity contribution in [2.24, 2.45) is 0 Å². The first-order chi connectivity index (χ1) is 13.1. The highest BCUT2D eigenvalue weighted by Crippen LogP contribution is 2.19. The molecule has 0 aliphatic rings. The van der Waals surface area contributed by atoms with Crippen molar-refractivity contribution in [2.45, 2.75) is 20.3 Å². The molecule has 0 aromatic heterocycles. The molecule has 0 spiro atoms. The number of benzene rings is 3. The molecule has 0 radical (unpaired) electrons. The molecule has 27 heavy (non-hydrogen) atoms. The molecular formula is C23H22O4. The lowest BCUT2D eigenvalue weighted by Crippen LogP contribution is -2.08. The van der Waals surface area contributed by atoms with Gasteiger partial charge in [0, 0.05) is 0 Å². The van der Waals surface area contributed by atoms with Crippen LogP contribution in [0.2, 0.25) is 0 Å². The van der Waals surface area contributed by atoms with Crippen molar-refractivity contribution in [1.29, 1.82) is 0 Å². The minimum absolute atomic E-state index is 0.103. The van der Waals surface area contributed by atoms with Gasteiger partial charge in [0.05, 0.1) is 5.56 Å². The van der Waals surface area contributed by atoms with Crippen LogP contribution in [0.3, 0.4) is 0 Å². The van der Waals surface area contributed by atoms with Crippen LogP contribution in [0.15, 0.2) is 72.8 Å². The van der Waals surface area contributed by atoms with Crippen LogP contribution < -0.4 is 14.2 Å². The van der Waals surface area contributed by atoms with E-state index < -0.39 is 0 Å². The zero-order valence-corrected chi connectivity index (χ0v) is 15.5. The summed E-state index contributed by atoms with van der Waals surface area (Å²) in [5.74, 6) is 1.47. The predicted molar refractivity (Wildman–Crippen MR) is 105 cm³/mol. The van der Waals surface area contributed by atoms with Crippen LogP contribution in [-0.2, 0) is 6.42 Å². The zero-order chi connectivity index (χ0) is 19.1. The summed E-state index contributed by atoms with van der Waals surface area (Å²) < 4.78 is 16.5. The van der Waals surface area contributed by atoms with Gasteiger partial charge in [-0.3, -0.25) is 0 Å². The molecule has 3 aromatic rings. The second kappa shape index (κ2) is 8.90. The first kappa shape index (κ1) is 18.5. The van der Waals surface area contributed by atoms with Crippen molar-refractivity contribution >= 4 is 5.97 Å². The number of carbonyl (C=O) groups is 1. The third kappa shape index (κ3) is 5.35. The number of ether oxygens (including phenoxy) is 3. The summed E-state index contributed by atoms with van der Waals surface area (Å²) in [4.78, 5) is 12.2. The van der Waals surface area contributed by atoms with Gasteiger partial charge in [-0.1, -0.05) is 36.8 Å². The highest BCUT2D eigenvalue weighted by Gasteiger charge is 2.08. The average molecular weight is 362 g/mol. The van der Waals surface area contributed by atoms with Gasteiger partial charge in [0.2, 0.25) is 6.79 Å². The Morgan fingerprint density at radius 1 is 0.741 bits per heavy atom. The third-order valence-electron chi connectivity index (χ3n) is 4.10. The van der Waals surface area contributed by atoms with E-state index in [1.54, 1.807) is 36.4 Å². The lowest BCUT2D eigenvalue weighted by Gasteiger charge is -2.09. The van der Waals surface area contributed by atoms with Crippen molar-refractivity contribution < 1.29 is 19.0 Å². The Labute approximate surface area is 159 Å². The SMILES string of the molecule is CCc1ccc(C(=O)Oc2ccc(OCOc3ccc(C)cc3)cc2)cc1. The molecule has 3 rings (SSSR count). The summed E-state index contributed by atoms with van der Waals surface area (Å²) >= 11 is 0. The van der Waals surface area contributed by atoms with Gasteiger partial charge in [-0.05, 0) is 67.4 Å². The van der Waals surface area contributed by atoms with Gasteiger partial charge in [0.15, 0.2) is 0 Å². The summed E-state index contributed by atoms with van der Waals surface area (Å²) in [6.07, 6.45) is 0.935. The molecule has 4 heteroatoms. The number of hydrogen-bond acceptors (Lipinski definition) is 4. The molecule has 0 bridgehead atoms. The number of esters is 1. The van der Waals surface area contributed by atoms with Crippen LogP contribution in [0, 0.1) is 6.92 Å². The maximum Gasteiger partial charge on any atom is 0.343 e. The van der Waals surface area contributed by atoms with Crippen molar-refractivity contribution in [2.75, 3.05) is 6.79 Å². The Morgan fingerprint density at radius 3 is 1.81 bits per heavy atom. The lowest BCUT2D eigenvalue weighted by molar-refractivity contribution is 0.0734. The molecular weight excluding hydrogens is 340 g/mol. The number of aryl methyl sites for hydroxylation is 2. The molecule has 4 nitrogen and oxygen atoms in total. The van der Waals surface area contributed by atoms with E-state index in [1.807, 2.05) is 43.3 Å². The predicted octanol–water partition coefficient (Wildman–Crippen LogP) is 5.19. The summed E-state index contributed by atoms with van der Waals surface area (Å²) in [7, 11) is 0. The molecule has 0 unspecified atom stereocenters. The van der Waals surface area contributed by atoms with E-state index in [9.17, 15) is 4.79 Å². The van der Waals surface area contributed by atoms with Crippen molar-refractivity contribution in [3.05, 3.63) is 89.5 Å². The standard InChI is InChI=1S/C23H22O4/c1-3-18-6-8-19(9-7-18)23(24)27-22-14-12-21(13-15-22)26-16-25-20-10-4-17(2)5-11-20/h4-15H,3,16H2,1-2H3. The lowest BCUT2D eigenvalue weighted by atomic mass is 10.1. The number of rotatable bonds is 7. The molecule has 0 atom stereocenters. The zero-order valence-electron chi connectivity index (χ0n) is 15.5. The molecule has 0 amide bonds. The first-order valence-electron chi connectivity index (χ1n) is 8.87. The van der Waals surface area contributed by atoms with E-state index in [4.69, 9.17) is 14.2 Å². The van der Waals surface area contributed by atoms with E-state index in [0.29, 0.717) is 17.1 Å². The van der Waals surface area contributed by atoms with E-state index in [-0.39, 0.29) is 12.8 Å². The Hall–Kier alpha value is -3.27. The van der Waals surface area contributed by atoms with E-state index >= 15 is 0 Å². The van der Waals surface area contributed by atoms with E-state index in [1.165, 1.54) is 11.1 Å². The maximum absolute atomic E-state index is 12.2. The Bertz CT molecular complexity index is 866. The quantitative estimate of drug-likeness (QED) is 0.329. The molecule has 0 heterocycles.